The van der Waals surface area contributed by atoms with Gasteiger partial charge in [0.2, 0.25) is 0 Å². The fraction of sp³-hybridized carbons (Fsp3) is 0.500. The lowest BCUT2D eigenvalue weighted by atomic mass is 10.2. The van der Waals surface area contributed by atoms with Gasteiger partial charge in [-0.25, -0.2) is 9.67 Å². The van der Waals surface area contributed by atoms with E-state index in [0.717, 1.165) is 18.0 Å². The summed E-state index contributed by atoms with van der Waals surface area (Å²) in [5.74, 6) is 2.07. The third kappa shape index (κ3) is 4.58. The lowest BCUT2D eigenvalue weighted by Crippen LogP contribution is -2.31. The number of likely N-dealkylation sites (N-methyl/N-ethyl adjacent to an activating group) is 1. The van der Waals surface area contributed by atoms with Gasteiger partial charge < -0.3 is 5.32 Å². The second-order valence-corrected chi connectivity index (χ2v) is 6.63. The maximum Gasteiger partial charge on any atom is 0.138 e. The molecule has 0 fully saturated rings. The minimum absolute atomic E-state index is 0.351. The Kier molecular flexibility index (Phi) is 5.82. The molecule has 0 spiro atoms. The third-order valence-electron chi connectivity index (χ3n) is 3.41. The fourth-order valence-electron chi connectivity index (χ4n) is 2.22. The number of nitrogens with one attached hydrogen (secondary N) is 1. The van der Waals surface area contributed by atoms with Gasteiger partial charge in [0, 0.05) is 29.2 Å². The van der Waals surface area contributed by atoms with Gasteiger partial charge in [-0.05, 0) is 40.0 Å². The predicted octanol–water partition coefficient (Wildman–Crippen LogP) is 3.09. The maximum absolute atomic E-state index is 4.40. The Morgan fingerprint density at radius 3 is 2.81 bits per heavy atom. The molecule has 21 heavy (non-hydrogen) atoms. The molecule has 2 aromatic rings. The van der Waals surface area contributed by atoms with E-state index < -0.39 is 0 Å². The van der Waals surface area contributed by atoms with Crippen LogP contribution in [-0.2, 0) is 6.42 Å². The van der Waals surface area contributed by atoms with Crippen LogP contribution in [0.25, 0.3) is 0 Å². The topological polar surface area (TPSA) is 42.7 Å². The number of aryl methyl sites for hydroxylation is 1. The molecule has 0 radical (unpaired) electrons. The van der Waals surface area contributed by atoms with Crippen LogP contribution >= 0.6 is 11.8 Å². The largest absolute Gasteiger partial charge is 0.316 e. The van der Waals surface area contributed by atoms with Crippen LogP contribution in [0.4, 0.5) is 0 Å². The molecule has 0 aliphatic heterocycles. The van der Waals surface area contributed by atoms with Gasteiger partial charge >= 0.3 is 0 Å². The number of thioether (sulfide) groups is 1. The van der Waals surface area contributed by atoms with E-state index in [-0.39, 0.29) is 0 Å². The van der Waals surface area contributed by atoms with Gasteiger partial charge in [0.15, 0.2) is 0 Å². The smallest absolute Gasteiger partial charge is 0.138 e. The van der Waals surface area contributed by atoms with Crippen molar-refractivity contribution in [2.24, 2.45) is 0 Å². The van der Waals surface area contributed by atoms with E-state index >= 15 is 0 Å². The number of hydrogen-bond acceptors (Lipinski definition) is 4. The zero-order valence-electron chi connectivity index (χ0n) is 13.2. The normalized spacial score (nSPS) is 12.8. The van der Waals surface area contributed by atoms with Crippen LogP contribution in [0.3, 0.4) is 0 Å². The molecule has 0 bridgehead atoms. The minimum atomic E-state index is 0.351. The van der Waals surface area contributed by atoms with Crippen molar-refractivity contribution in [3.05, 3.63) is 42.0 Å². The number of hydrogen-bond donors (Lipinski definition) is 1. The summed E-state index contributed by atoms with van der Waals surface area (Å²) in [6.07, 6.45) is 2.54. The number of rotatable bonds is 7. The highest BCUT2D eigenvalue weighted by molar-refractivity contribution is 7.99. The van der Waals surface area contributed by atoms with Crippen LogP contribution in [0.15, 0.2) is 35.5 Å². The Labute approximate surface area is 131 Å². The van der Waals surface area contributed by atoms with Crippen molar-refractivity contribution in [1.82, 2.24) is 20.1 Å². The summed E-state index contributed by atoms with van der Waals surface area (Å²) in [7, 11) is 2.01. The Morgan fingerprint density at radius 2 is 2.14 bits per heavy atom. The van der Waals surface area contributed by atoms with Gasteiger partial charge in [0.05, 0.1) is 0 Å². The highest BCUT2D eigenvalue weighted by Gasteiger charge is 2.14. The quantitative estimate of drug-likeness (QED) is 0.798. The second kappa shape index (κ2) is 7.61. The molecule has 1 aromatic heterocycles. The summed E-state index contributed by atoms with van der Waals surface area (Å²) in [5.41, 5.74) is 1.31. The fourth-order valence-corrected chi connectivity index (χ4v) is 3.34. The molecule has 5 heteroatoms. The van der Waals surface area contributed by atoms with Gasteiger partial charge in [-0.15, -0.1) is 11.8 Å². The second-order valence-electron chi connectivity index (χ2n) is 5.53. The van der Waals surface area contributed by atoms with Gasteiger partial charge in [0.25, 0.3) is 0 Å². The summed E-state index contributed by atoms with van der Waals surface area (Å²) in [5, 5.41) is 7.69. The first-order valence-electron chi connectivity index (χ1n) is 7.35. The Balaban J connectivity index is 1.95. The molecule has 1 unspecified atom stereocenters. The van der Waals surface area contributed by atoms with Crippen molar-refractivity contribution in [1.29, 1.82) is 0 Å². The van der Waals surface area contributed by atoms with Crippen LogP contribution in [0.1, 0.15) is 31.3 Å². The average molecular weight is 304 g/mol. The van der Waals surface area contributed by atoms with Crippen molar-refractivity contribution >= 4 is 11.8 Å². The first-order chi connectivity index (χ1) is 10.1. The van der Waals surface area contributed by atoms with E-state index in [0.29, 0.717) is 12.1 Å². The summed E-state index contributed by atoms with van der Waals surface area (Å²) in [4.78, 5) is 5.72. The molecule has 0 amide bonds. The van der Waals surface area contributed by atoms with Gasteiger partial charge in [-0.3, -0.25) is 0 Å². The molecule has 0 aliphatic carbocycles. The molecule has 1 N–H and O–H groups in total. The SMILES string of the molecule is CNC(CSc1cccc(C)c1)Cc1ncnn1C(C)C. The van der Waals surface area contributed by atoms with Gasteiger partial charge in [-0.2, -0.15) is 5.10 Å². The molecule has 4 nitrogen and oxygen atoms in total. The Morgan fingerprint density at radius 1 is 1.33 bits per heavy atom. The molecule has 1 heterocycles. The van der Waals surface area contributed by atoms with E-state index in [4.69, 9.17) is 0 Å². The van der Waals surface area contributed by atoms with Crippen molar-refractivity contribution in [2.75, 3.05) is 12.8 Å². The summed E-state index contributed by atoms with van der Waals surface area (Å²) in [6.45, 7) is 6.40. The molecule has 0 saturated heterocycles. The molecule has 0 saturated carbocycles. The Bertz CT molecular complexity index is 565. The molecule has 1 aromatic carbocycles. The van der Waals surface area contributed by atoms with Crippen molar-refractivity contribution in [2.45, 2.75) is 44.2 Å². The monoisotopic (exact) mass is 304 g/mol. The average Bonchev–Trinajstić information content (AvgIpc) is 2.91. The summed E-state index contributed by atoms with van der Waals surface area (Å²) < 4.78 is 2.00. The third-order valence-corrected chi connectivity index (χ3v) is 4.57. The molecule has 1 atom stereocenters. The maximum atomic E-state index is 4.40. The van der Waals surface area contributed by atoms with Crippen LogP contribution in [-0.4, -0.2) is 33.6 Å². The van der Waals surface area contributed by atoms with E-state index in [1.807, 2.05) is 23.5 Å². The summed E-state index contributed by atoms with van der Waals surface area (Å²) >= 11 is 1.88. The zero-order chi connectivity index (χ0) is 15.2. The number of aromatic nitrogens is 3. The minimum Gasteiger partial charge on any atom is -0.316 e. The molecule has 0 aliphatic rings. The van der Waals surface area contributed by atoms with Crippen LogP contribution < -0.4 is 5.32 Å². The summed E-state index contributed by atoms with van der Waals surface area (Å²) in [6, 6.07) is 9.38. The van der Waals surface area contributed by atoms with Gasteiger partial charge in [-0.1, -0.05) is 17.7 Å². The van der Waals surface area contributed by atoms with Crippen molar-refractivity contribution in [3.8, 4) is 0 Å². The molecular weight excluding hydrogens is 280 g/mol. The number of nitrogens with zero attached hydrogens (tertiary/aromatic N) is 3. The highest BCUT2D eigenvalue weighted by atomic mass is 32.2. The predicted molar refractivity (Wildman–Crippen MR) is 88.9 cm³/mol. The van der Waals surface area contributed by atoms with Crippen molar-refractivity contribution in [3.63, 3.8) is 0 Å². The van der Waals surface area contributed by atoms with Crippen LogP contribution in [0, 0.1) is 6.92 Å². The highest BCUT2D eigenvalue weighted by Crippen LogP contribution is 2.20. The van der Waals surface area contributed by atoms with Crippen LogP contribution in [0.5, 0.6) is 0 Å². The Hall–Kier alpha value is -1.33. The molecule has 2 rings (SSSR count). The van der Waals surface area contributed by atoms with Gasteiger partial charge in [0.1, 0.15) is 12.2 Å². The van der Waals surface area contributed by atoms with E-state index in [1.54, 1.807) is 6.33 Å². The zero-order valence-corrected chi connectivity index (χ0v) is 14.0. The van der Waals surface area contributed by atoms with E-state index in [9.17, 15) is 0 Å². The number of benzene rings is 1. The lowest BCUT2D eigenvalue weighted by molar-refractivity contribution is 0.484. The van der Waals surface area contributed by atoms with Crippen molar-refractivity contribution < 1.29 is 0 Å². The molecule has 114 valence electrons. The van der Waals surface area contributed by atoms with Crippen LogP contribution in [0.2, 0.25) is 0 Å². The van der Waals surface area contributed by atoms with E-state index in [1.165, 1.54) is 10.5 Å². The lowest BCUT2D eigenvalue weighted by Gasteiger charge is -2.17. The first kappa shape index (κ1) is 16.0. The van der Waals surface area contributed by atoms with E-state index in [2.05, 4.69) is 60.4 Å². The first-order valence-corrected chi connectivity index (χ1v) is 8.34. The standard InChI is InChI=1S/C16H24N4S/c1-12(2)20-16(18-11-19-20)9-14(17-4)10-21-15-7-5-6-13(3)8-15/h5-8,11-12,14,17H,9-10H2,1-4H3. The molecular formula is C16H24N4S.